The fourth-order valence-corrected chi connectivity index (χ4v) is 2.43. The van der Waals surface area contributed by atoms with Crippen LogP contribution in [0.25, 0.3) is 5.57 Å². The molecule has 0 radical (unpaired) electrons. The predicted octanol–water partition coefficient (Wildman–Crippen LogP) is 3.55. The second-order valence-corrected chi connectivity index (χ2v) is 4.75. The van der Waals surface area contributed by atoms with Crippen molar-refractivity contribution >= 4 is 17.1 Å². The highest BCUT2D eigenvalue weighted by Gasteiger charge is 2.25. The van der Waals surface area contributed by atoms with Crippen molar-refractivity contribution < 1.29 is 14.3 Å². The molecule has 21 heavy (non-hydrogen) atoms. The summed E-state index contributed by atoms with van der Waals surface area (Å²) in [6.07, 6.45) is 1.42. The predicted molar refractivity (Wildman–Crippen MR) is 80.7 cm³/mol. The normalized spacial score (nSPS) is 13.7. The average molecular weight is 278 g/mol. The molecular weight excluding hydrogens is 264 g/mol. The molecular formula is C18H14O3. The van der Waals surface area contributed by atoms with Crippen LogP contribution < -0.4 is 4.74 Å². The average Bonchev–Trinajstić information content (AvgIpc) is 2.52. The number of benzene rings is 2. The number of fused-ring (bicyclic) bond motifs is 1. The Morgan fingerprint density at radius 3 is 2.24 bits per heavy atom. The van der Waals surface area contributed by atoms with Crippen molar-refractivity contribution in [3.8, 4) is 5.75 Å². The number of Topliss-reactive ketones (excluding diaryl/α,β-unsaturated/α-hetero) is 1. The van der Waals surface area contributed by atoms with Gasteiger partial charge in [0.2, 0.25) is 0 Å². The van der Waals surface area contributed by atoms with E-state index in [9.17, 15) is 9.59 Å². The SMILES string of the molecule is CCOc1ccc(C2=CC(=O)c3ccccc3C2=O)cc1. The standard InChI is InChI=1S/C18H14O3/c1-2-21-13-9-7-12(8-10-13)16-11-17(19)14-5-3-4-6-15(14)18(16)20/h3-11H,2H2,1H3. The fourth-order valence-electron chi connectivity index (χ4n) is 2.43. The highest BCUT2D eigenvalue weighted by molar-refractivity contribution is 6.38. The number of hydrogen-bond donors (Lipinski definition) is 0. The van der Waals surface area contributed by atoms with Crippen molar-refractivity contribution in [3.63, 3.8) is 0 Å². The molecule has 0 saturated carbocycles. The van der Waals surface area contributed by atoms with E-state index in [0.717, 1.165) is 11.3 Å². The maximum Gasteiger partial charge on any atom is 0.194 e. The van der Waals surface area contributed by atoms with Crippen LogP contribution in [0.2, 0.25) is 0 Å². The molecule has 3 nitrogen and oxygen atoms in total. The van der Waals surface area contributed by atoms with E-state index in [0.29, 0.717) is 23.3 Å². The Morgan fingerprint density at radius 1 is 0.905 bits per heavy atom. The van der Waals surface area contributed by atoms with Crippen molar-refractivity contribution in [1.82, 2.24) is 0 Å². The van der Waals surface area contributed by atoms with Gasteiger partial charge in [-0.05, 0) is 30.7 Å². The van der Waals surface area contributed by atoms with Gasteiger partial charge in [0.25, 0.3) is 0 Å². The van der Waals surface area contributed by atoms with E-state index in [4.69, 9.17) is 4.74 Å². The van der Waals surface area contributed by atoms with E-state index in [-0.39, 0.29) is 11.6 Å². The quantitative estimate of drug-likeness (QED) is 0.862. The first-order chi connectivity index (χ1) is 10.2. The minimum absolute atomic E-state index is 0.116. The van der Waals surface area contributed by atoms with Gasteiger partial charge in [-0.3, -0.25) is 9.59 Å². The van der Waals surface area contributed by atoms with Gasteiger partial charge in [-0.2, -0.15) is 0 Å². The lowest BCUT2D eigenvalue weighted by Crippen LogP contribution is -2.15. The van der Waals surface area contributed by atoms with Gasteiger partial charge in [0.15, 0.2) is 11.6 Å². The van der Waals surface area contributed by atoms with E-state index in [1.165, 1.54) is 6.08 Å². The summed E-state index contributed by atoms with van der Waals surface area (Å²) in [5.74, 6) is 0.500. The molecule has 0 heterocycles. The molecule has 104 valence electrons. The third-order valence-electron chi connectivity index (χ3n) is 3.43. The van der Waals surface area contributed by atoms with Gasteiger partial charge in [-0.1, -0.05) is 36.4 Å². The summed E-state index contributed by atoms with van der Waals surface area (Å²) in [5, 5.41) is 0. The molecule has 3 heteroatoms. The van der Waals surface area contributed by atoms with Gasteiger partial charge in [-0.15, -0.1) is 0 Å². The lowest BCUT2D eigenvalue weighted by molar-refractivity contribution is 0.100. The summed E-state index contributed by atoms with van der Waals surface area (Å²) in [6, 6.07) is 14.1. The summed E-state index contributed by atoms with van der Waals surface area (Å²) in [6.45, 7) is 2.50. The van der Waals surface area contributed by atoms with Crippen molar-refractivity contribution in [2.24, 2.45) is 0 Å². The minimum Gasteiger partial charge on any atom is -0.494 e. The van der Waals surface area contributed by atoms with E-state index in [2.05, 4.69) is 0 Å². The Kier molecular flexibility index (Phi) is 3.40. The number of rotatable bonds is 3. The molecule has 0 spiro atoms. The largest absolute Gasteiger partial charge is 0.494 e. The molecule has 1 aliphatic rings. The molecule has 0 unspecified atom stereocenters. The lowest BCUT2D eigenvalue weighted by Gasteiger charge is -2.15. The van der Waals surface area contributed by atoms with E-state index < -0.39 is 0 Å². The van der Waals surface area contributed by atoms with Gasteiger partial charge in [0, 0.05) is 16.7 Å². The van der Waals surface area contributed by atoms with Crippen molar-refractivity contribution in [2.75, 3.05) is 6.61 Å². The first-order valence-corrected chi connectivity index (χ1v) is 6.83. The fraction of sp³-hybridized carbons (Fsp3) is 0.111. The number of carbonyl (C=O) groups excluding carboxylic acids is 2. The van der Waals surface area contributed by atoms with Gasteiger partial charge in [-0.25, -0.2) is 0 Å². The molecule has 0 atom stereocenters. The van der Waals surface area contributed by atoms with Crippen molar-refractivity contribution in [1.29, 1.82) is 0 Å². The molecule has 3 rings (SSSR count). The maximum absolute atomic E-state index is 12.5. The van der Waals surface area contributed by atoms with Crippen LogP contribution in [0.15, 0.2) is 54.6 Å². The van der Waals surface area contributed by atoms with Crippen LogP contribution in [0, 0.1) is 0 Å². The van der Waals surface area contributed by atoms with Crippen LogP contribution in [0.4, 0.5) is 0 Å². The second kappa shape index (κ2) is 5.37. The van der Waals surface area contributed by atoms with Crippen LogP contribution in [-0.4, -0.2) is 18.2 Å². The molecule has 1 aliphatic carbocycles. The Labute approximate surface area is 122 Å². The van der Waals surface area contributed by atoms with E-state index >= 15 is 0 Å². The number of allylic oxidation sites excluding steroid dienone is 2. The Morgan fingerprint density at radius 2 is 1.57 bits per heavy atom. The first-order valence-electron chi connectivity index (χ1n) is 6.83. The molecule has 0 bridgehead atoms. The van der Waals surface area contributed by atoms with Gasteiger partial charge >= 0.3 is 0 Å². The highest BCUT2D eigenvalue weighted by Crippen LogP contribution is 2.28. The number of hydrogen-bond acceptors (Lipinski definition) is 3. The first kappa shape index (κ1) is 13.3. The Balaban J connectivity index is 2.00. The van der Waals surface area contributed by atoms with Crippen LogP contribution >= 0.6 is 0 Å². The van der Waals surface area contributed by atoms with Crippen LogP contribution in [-0.2, 0) is 0 Å². The summed E-state index contributed by atoms with van der Waals surface area (Å²) in [4.78, 5) is 24.7. The molecule has 2 aromatic carbocycles. The molecule has 0 fully saturated rings. The summed E-state index contributed by atoms with van der Waals surface area (Å²) in [5.41, 5.74) is 2.10. The van der Waals surface area contributed by atoms with Crippen molar-refractivity contribution in [3.05, 3.63) is 71.3 Å². The molecule has 2 aromatic rings. The molecule has 0 aliphatic heterocycles. The number of carbonyl (C=O) groups is 2. The van der Waals surface area contributed by atoms with E-state index in [1.807, 2.05) is 6.92 Å². The monoisotopic (exact) mass is 278 g/mol. The highest BCUT2D eigenvalue weighted by atomic mass is 16.5. The molecule has 0 N–H and O–H groups in total. The maximum atomic E-state index is 12.5. The number of ketones is 2. The zero-order valence-corrected chi connectivity index (χ0v) is 11.6. The zero-order chi connectivity index (χ0) is 14.8. The van der Waals surface area contributed by atoms with Gasteiger partial charge in [0.05, 0.1) is 6.61 Å². The van der Waals surface area contributed by atoms with Crippen molar-refractivity contribution in [2.45, 2.75) is 6.92 Å². The minimum atomic E-state index is -0.130. The third kappa shape index (κ3) is 2.38. The summed E-state index contributed by atoms with van der Waals surface area (Å²) >= 11 is 0. The van der Waals surface area contributed by atoms with Gasteiger partial charge in [0.1, 0.15) is 5.75 Å². The summed E-state index contributed by atoms with van der Waals surface area (Å²) in [7, 11) is 0. The second-order valence-electron chi connectivity index (χ2n) is 4.75. The Hall–Kier alpha value is -2.68. The topological polar surface area (TPSA) is 43.4 Å². The lowest BCUT2D eigenvalue weighted by atomic mass is 9.86. The number of ether oxygens (including phenoxy) is 1. The molecule has 0 saturated heterocycles. The van der Waals surface area contributed by atoms with Crippen LogP contribution in [0.5, 0.6) is 5.75 Å². The molecule has 0 aromatic heterocycles. The van der Waals surface area contributed by atoms with E-state index in [1.54, 1.807) is 48.5 Å². The van der Waals surface area contributed by atoms with Crippen LogP contribution in [0.1, 0.15) is 33.2 Å². The smallest absolute Gasteiger partial charge is 0.194 e. The van der Waals surface area contributed by atoms with Gasteiger partial charge < -0.3 is 4.74 Å². The summed E-state index contributed by atoms with van der Waals surface area (Å²) < 4.78 is 5.38. The Bertz CT molecular complexity index is 739. The third-order valence-corrected chi connectivity index (χ3v) is 3.43. The molecule has 0 amide bonds. The zero-order valence-electron chi connectivity index (χ0n) is 11.6. The van der Waals surface area contributed by atoms with Crippen LogP contribution in [0.3, 0.4) is 0 Å².